The second-order valence-corrected chi connectivity index (χ2v) is 7.79. The van der Waals surface area contributed by atoms with Crippen LogP contribution in [0.3, 0.4) is 0 Å². The zero-order chi connectivity index (χ0) is 19.5. The molecule has 150 valence electrons. The quantitative estimate of drug-likeness (QED) is 0.125. The summed E-state index contributed by atoms with van der Waals surface area (Å²) in [5.74, 6) is 0.281. The minimum atomic E-state index is -0.363. The fourth-order valence-corrected chi connectivity index (χ4v) is 3.46. The summed E-state index contributed by atoms with van der Waals surface area (Å²) in [6, 6.07) is 7.75. The van der Waals surface area contributed by atoms with Gasteiger partial charge in [0.1, 0.15) is 5.75 Å². The highest BCUT2D eigenvalue weighted by atomic mass is 16.6. The first kappa shape index (κ1) is 21.7. The van der Waals surface area contributed by atoms with Crippen molar-refractivity contribution in [2.45, 2.75) is 96.7 Å². The van der Waals surface area contributed by atoms with Crippen molar-refractivity contribution in [2.75, 3.05) is 0 Å². The topological polar surface area (TPSA) is 38.8 Å². The van der Waals surface area contributed by atoms with Crippen LogP contribution in [0.15, 0.2) is 36.4 Å². The minimum absolute atomic E-state index is 0.363. The number of carbonyl (C=O) groups excluding carboxylic acids is 1. The number of hydrogen-bond donors (Lipinski definition) is 0. The van der Waals surface area contributed by atoms with Gasteiger partial charge in [0.2, 0.25) is 0 Å². The SMILES string of the molecule is C=C(C)C(=O)Oc1ccccc1CCC1OC1CCCCCCCCCC. The van der Waals surface area contributed by atoms with Crippen molar-refractivity contribution in [1.82, 2.24) is 0 Å². The summed E-state index contributed by atoms with van der Waals surface area (Å²) in [7, 11) is 0. The van der Waals surface area contributed by atoms with E-state index in [1.54, 1.807) is 6.92 Å². The molecular formula is C24H36O3. The molecule has 1 aromatic carbocycles. The number of carbonyl (C=O) groups is 1. The Bertz CT molecular complexity index is 593. The molecule has 0 aliphatic carbocycles. The standard InChI is InChI=1S/C24H36O3/c1-4-5-6-7-8-9-10-11-16-22-23(26-22)18-17-20-14-12-13-15-21(20)27-24(25)19(2)3/h12-15,22-23H,2,4-11,16-18H2,1,3H3. The Morgan fingerprint density at radius 3 is 2.33 bits per heavy atom. The third-order valence-electron chi connectivity index (χ3n) is 5.25. The van der Waals surface area contributed by atoms with E-state index >= 15 is 0 Å². The molecule has 1 heterocycles. The number of epoxide rings is 1. The van der Waals surface area contributed by atoms with Crippen molar-refractivity contribution < 1.29 is 14.3 Å². The first-order valence-electron chi connectivity index (χ1n) is 10.7. The molecule has 1 aromatic rings. The van der Waals surface area contributed by atoms with Crippen molar-refractivity contribution in [2.24, 2.45) is 0 Å². The summed E-state index contributed by atoms with van der Waals surface area (Å²) >= 11 is 0. The molecule has 27 heavy (non-hydrogen) atoms. The van der Waals surface area contributed by atoms with Crippen LogP contribution < -0.4 is 4.74 Å². The first-order valence-corrected chi connectivity index (χ1v) is 10.7. The van der Waals surface area contributed by atoms with Gasteiger partial charge in [-0.3, -0.25) is 0 Å². The van der Waals surface area contributed by atoms with Crippen molar-refractivity contribution in [3.63, 3.8) is 0 Å². The molecule has 0 spiro atoms. The molecule has 3 heteroatoms. The predicted molar refractivity (Wildman–Crippen MR) is 111 cm³/mol. The maximum Gasteiger partial charge on any atom is 0.338 e. The first-order chi connectivity index (χ1) is 13.1. The van der Waals surface area contributed by atoms with Crippen LogP contribution in [-0.2, 0) is 16.0 Å². The van der Waals surface area contributed by atoms with E-state index in [1.807, 2.05) is 24.3 Å². The number of aryl methyl sites for hydroxylation is 1. The van der Waals surface area contributed by atoms with Crippen molar-refractivity contribution in [1.29, 1.82) is 0 Å². The van der Waals surface area contributed by atoms with Crippen LogP contribution in [0.1, 0.15) is 83.6 Å². The summed E-state index contributed by atoms with van der Waals surface area (Å²) in [4.78, 5) is 11.8. The molecule has 0 aromatic heterocycles. The van der Waals surface area contributed by atoms with E-state index in [0.29, 0.717) is 23.5 Å². The van der Waals surface area contributed by atoms with Crippen molar-refractivity contribution in [3.05, 3.63) is 42.0 Å². The largest absolute Gasteiger partial charge is 0.423 e. The Morgan fingerprint density at radius 2 is 1.63 bits per heavy atom. The molecule has 2 unspecified atom stereocenters. The molecule has 0 bridgehead atoms. The highest BCUT2D eigenvalue weighted by Crippen LogP contribution is 2.32. The van der Waals surface area contributed by atoms with E-state index in [0.717, 1.165) is 18.4 Å². The monoisotopic (exact) mass is 372 g/mol. The normalized spacial score (nSPS) is 18.3. The predicted octanol–water partition coefficient (Wildman–Crippen LogP) is 6.40. The Labute approximate surface area is 165 Å². The minimum Gasteiger partial charge on any atom is -0.423 e. The molecule has 0 N–H and O–H groups in total. The molecule has 0 saturated carbocycles. The van der Waals surface area contributed by atoms with Crippen LogP contribution in [0.2, 0.25) is 0 Å². The fraction of sp³-hybridized carbons (Fsp3) is 0.625. The maximum absolute atomic E-state index is 11.8. The second kappa shape index (κ2) is 12.0. The zero-order valence-corrected chi connectivity index (χ0v) is 17.2. The van der Waals surface area contributed by atoms with Crippen LogP contribution in [-0.4, -0.2) is 18.2 Å². The zero-order valence-electron chi connectivity index (χ0n) is 17.2. The van der Waals surface area contributed by atoms with Gasteiger partial charge < -0.3 is 9.47 Å². The lowest BCUT2D eigenvalue weighted by molar-refractivity contribution is -0.130. The van der Waals surface area contributed by atoms with Gasteiger partial charge in [-0.1, -0.05) is 83.1 Å². The van der Waals surface area contributed by atoms with E-state index < -0.39 is 0 Å². The molecule has 0 radical (unpaired) electrons. The Balaban J connectivity index is 1.59. The molecule has 1 aliphatic rings. The lowest BCUT2D eigenvalue weighted by Crippen LogP contribution is -2.10. The van der Waals surface area contributed by atoms with Crippen LogP contribution in [0.25, 0.3) is 0 Å². The summed E-state index contributed by atoms with van der Waals surface area (Å²) in [6.07, 6.45) is 14.7. The van der Waals surface area contributed by atoms with E-state index in [-0.39, 0.29) is 5.97 Å². The molecule has 2 rings (SSSR count). The summed E-state index contributed by atoms with van der Waals surface area (Å²) in [6.45, 7) is 7.57. The highest BCUT2D eigenvalue weighted by Gasteiger charge is 2.37. The van der Waals surface area contributed by atoms with Crippen LogP contribution in [0.4, 0.5) is 0 Å². The summed E-state index contributed by atoms with van der Waals surface area (Å²) < 4.78 is 11.3. The fourth-order valence-electron chi connectivity index (χ4n) is 3.46. The Morgan fingerprint density at radius 1 is 1.00 bits per heavy atom. The van der Waals surface area contributed by atoms with Gasteiger partial charge in [-0.05, 0) is 37.8 Å². The van der Waals surface area contributed by atoms with Crippen molar-refractivity contribution >= 4 is 5.97 Å². The average molecular weight is 373 g/mol. The van der Waals surface area contributed by atoms with Gasteiger partial charge in [-0.2, -0.15) is 0 Å². The summed E-state index contributed by atoms with van der Waals surface area (Å²) in [5.41, 5.74) is 1.48. The summed E-state index contributed by atoms with van der Waals surface area (Å²) in [5, 5.41) is 0. The van der Waals surface area contributed by atoms with Gasteiger partial charge in [0, 0.05) is 5.57 Å². The molecule has 3 nitrogen and oxygen atoms in total. The lowest BCUT2D eigenvalue weighted by Gasteiger charge is -2.09. The third kappa shape index (κ3) is 8.30. The molecule has 1 saturated heterocycles. The third-order valence-corrected chi connectivity index (χ3v) is 5.25. The molecule has 0 amide bonds. The second-order valence-electron chi connectivity index (χ2n) is 7.79. The maximum atomic E-state index is 11.8. The van der Waals surface area contributed by atoms with Crippen LogP contribution in [0, 0.1) is 0 Å². The van der Waals surface area contributed by atoms with Gasteiger partial charge in [0.25, 0.3) is 0 Å². The van der Waals surface area contributed by atoms with Gasteiger partial charge >= 0.3 is 5.97 Å². The molecular weight excluding hydrogens is 336 g/mol. The van der Waals surface area contributed by atoms with Gasteiger partial charge in [-0.15, -0.1) is 0 Å². The smallest absolute Gasteiger partial charge is 0.338 e. The van der Waals surface area contributed by atoms with Crippen LogP contribution in [0.5, 0.6) is 5.75 Å². The van der Waals surface area contributed by atoms with Gasteiger partial charge in [0.15, 0.2) is 0 Å². The lowest BCUT2D eigenvalue weighted by atomic mass is 10.0. The van der Waals surface area contributed by atoms with Gasteiger partial charge in [-0.25, -0.2) is 4.79 Å². The number of para-hydroxylation sites is 1. The molecule has 1 fully saturated rings. The van der Waals surface area contributed by atoms with E-state index in [1.165, 1.54) is 57.8 Å². The number of rotatable bonds is 14. The Hall–Kier alpha value is -1.61. The van der Waals surface area contributed by atoms with Crippen molar-refractivity contribution in [3.8, 4) is 5.75 Å². The van der Waals surface area contributed by atoms with E-state index in [9.17, 15) is 4.79 Å². The average Bonchev–Trinajstić information content (AvgIpc) is 3.41. The van der Waals surface area contributed by atoms with Crippen LogP contribution >= 0.6 is 0 Å². The van der Waals surface area contributed by atoms with E-state index in [2.05, 4.69) is 13.5 Å². The van der Waals surface area contributed by atoms with Gasteiger partial charge in [0.05, 0.1) is 12.2 Å². The number of esters is 1. The highest BCUT2D eigenvalue weighted by molar-refractivity contribution is 5.88. The Kier molecular flexibility index (Phi) is 9.61. The number of hydrogen-bond acceptors (Lipinski definition) is 3. The number of benzene rings is 1. The number of unbranched alkanes of at least 4 members (excludes halogenated alkanes) is 7. The molecule has 1 aliphatic heterocycles. The van der Waals surface area contributed by atoms with E-state index in [4.69, 9.17) is 9.47 Å². The molecule has 2 atom stereocenters. The number of ether oxygens (including phenoxy) is 2.